The van der Waals surface area contributed by atoms with Crippen molar-refractivity contribution in [3.05, 3.63) is 64.1 Å². The molecule has 17 heavy (non-hydrogen) atoms. The monoisotopic (exact) mass is 288 g/mol. The molecule has 0 saturated heterocycles. The van der Waals surface area contributed by atoms with Gasteiger partial charge in [-0.25, -0.2) is 0 Å². The van der Waals surface area contributed by atoms with Gasteiger partial charge in [0.2, 0.25) is 0 Å². The normalized spacial score (nSPS) is 10.7. The van der Waals surface area contributed by atoms with E-state index in [0.717, 1.165) is 15.7 Å². The van der Waals surface area contributed by atoms with E-state index in [9.17, 15) is 0 Å². The average molecular weight is 289 g/mol. The first-order chi connectivity index (χ1) is 8.25. The number of nitrogens with zero attached hydrogens (tertiary/aromatic N) is 1. The van der Waals surface area contributed by atoms with Crippen molar-refractivity contribution in [1.29, 1.82) is 0 Å². The minimum absolute atomic E-state index is 0.984. The number of hydrazone groups is 1. The van der Waals surface area contributed by atoms with Gasteiger partial charge in [-0.15, -0.1) is 0 Å². The second kappa shape index (κ2) is 5.64. The van der Waals surface area contributed by atoms with Crippen LogP contribution in [0.3, 0.4) is 0 Å². The Balaban J connectivity index is 2.03. The Hall–Kier alpha value is -1.61. The molecule has 0 aliphatic heterocycles. The topological polar surface area (TPSA) is 24.4 Å². The van der Waals surface area contributed by atoms with Crippen molar-refractivity contribution in [3.8, 4) is 0 Å². The fourth-order valence-corrected chi connectivity index (χ4v) is 1.69. The van der Waals surface area contributed by atoms with Crippen molar-refractivity contribution in [2.75, 3.05) is 5.43 Å². The second-order valence-electron chi connectivity index (χ2n) is 3.74. The minimum atomic E-state index is 0.984. The molecular formula is C14H13BrN2. The van der Waals surface area contributed by atoms with E-state index in [2.05, 4.69) is 39.4 Å². The van der Waals surface area contributed by atoms with Crippen LogP contribution in [-0.2, 0) is 0 Å². The van der Waals surface area contributed by atoms with E-state index in [4.69, 9.17) is 0 Å². The molecule has 0 heterocycles. The van der Waals surface area contributed by atoms with Gasteiger partial charge in [0.1, 0.15) is 0 Å². The molecule has 0 saturated carbocycles. The van der Waals surface area contributed by atoms with E-state index >= 15 is 0 Å². The second-order valence-corrected chi connectivity index (χ2v) is 4.60. The first-order valence-electron chi connectivity index (χ1n) is 5.36. The zero-order valence-corrected chi connectivity index (χ0v) is 11.1. The van der Waals surface area contributed by atoms with Crippen LogP contribution in [0.25, 0.3) is 0 Å². The van der Waals surface area contributed by atoms with Crippen LogP contribution in [0.5, 0.6) is 0 Å². The van der Waals surface area contributed by atoms with Gasteiger partial charge >= 0.3 is 0 Å². The van der Waals surface area contributed by atoms with Gasteiger partial charge in [-0.1, -0.05) is 40.2 Å². The van der Waals surface area contributed by atoms with E-state index in [0.29, 0.717) is 0 Å². The van der Waals surface area contributed by atoms with Gasteiger partial charge < -0.3 is 0 Å². The third kappa shape index (κ3) is 3.43. The third-order valence-corrected chi connectivity index (χ3v) is 3.25. The van der Waals surface area contributed by atoms with Gasteiger partial charge in [0, 0.05) is 4.47 Å². The molecule has 0 fully saturated rings. The predicted octanol–water partition coefficient (Wildman–Crippen LogP) is 4.20. The zero-order valence-electron chi connectivity index (χ0n) is 9.52. The van der Waals surface area contributed by atoms with E-state index in [1.165, 1.54) is 5.56 Å². The van der Waals surface area contributed by atoms with Crippen LogP contribution >= 0.6 is 15.9 Å². The molecule has 2 aromatic carbocycles. The van der Waals surface area contributed by atoms with Crippen molar-refractivity contribution in [3.63, 3.8) is 0 Å². The summed E-state index contributed by atoms with van der Waals surface area (Å²) >= 11 is 3.47. The third-order valence-electron chi connectivity index (χ3n) is 2.36. The molecule has 0 bridgehead atoms. The van der Waals surface area contributed by atoms with Crippen LogP contribution in [-0.4, -0.2) is 6.21 Å². The number of halogens is 1. The molecular weight excluding hydrogens is 276 g/mol. The maximum Gasteiger partial charge on any atom is 0.0561 e. The van der Waals surface area contributed by atoms with Crippen molar-refractivity contribution in [2.24, 2.45) is 5.10 Å². The zero-order chi connectivity index (χ0) is 12.1. The Labute approximate surface area is 110 Å². The van der Waals surface area contributed by atoms with E-state index in [1.54, 1.807) is 0 Å². The lowest BCUT2D eigenvalue weighted by molar-refractivity contribution is 1.34. The van der Waals surface area contributed by atoms with Crippen LogP contribution in [0.1, 0.15) is 11.1 Å². The molecule has 0 radical (unpaired) electrons. The fourth-order valence-electron chi connectivity index (χ4n) is 1.44. The molecule has 0 aromatic heterocycles. The molecule has 1 N–H and O–H groups in total. The van der Waals surface area contributed by atoms with Gasteiger partial charge in [0.15, 0.2) is 0 Å². The summed E-state index contributed by atoms with van der Waals surface area (Å²) in [4.78, 5) is 0. The largest absolute Gasteiger partial charge is 0.279 e. The van der Waals surface area contributed by atoms with Gasteiger partial charge in [-0.3, -0.25) is 5.43 Å². The number of para-hydroxylation sites is 1. The molecule has 0 atom stereocenters. The fraction of sp³-hybridized carbons (Fsp3) is 0.0714. The van der Waals surface area contributed by atoms with Crippen molar-refractivity contribution in [1.82, 2.24) is 0 Å². The quantitative estimate of drug-likeness (QED) is 0.664. The highest BCUT2D eigenvalue weighted by molar-refractivity contribution is 9.10. The number of hydrogen-bond donors (Lipinski definition) is 1. The Morgan fingerprint density at radius 1 is 1.12 bits per heavy atom. The van der Waals surface area contributed by atoms with Crippen LogP contribution < -0.4 is 5.43 Å². The first kappa shape index (κ1) is 11.9. The van der Waals surface area contributed by atoms with Gasteiger partial charge in [-0.05, 0) is 42.3 Å². The smallest absolute Gasteiger partial charge is 0.0561 e. The predicted molar refractivity (Wildman–Crippen MR) is 76.5 cm³/mol. The van der Waals surface area contributed by atoms with Crippen molar-refractivity contribution in [2.45, 2.75) is 6.92 Å². The van der Waals surface area contributed by atoms with Crippen molar-refractivity contribution >= 4 is 27.8 Å². The summed E-state index contributed by atoms with van der Waals surface area (Å²) in [6.45, 7) is 2.06. The average Bonchev–Trinajstić information content (AvgIpc) is 2.35. The molecule has 0 aliphatic carbocycles. The highest BCUT2D eigenvalue weighted by Crippen LogP contribution is 2.16. The first-order valence-corrected chi connectivity index (χ1v) is 6.15. The molecule has 0 amide bonds. The van der Waals surface area contributed by atoms with E-state index < -0.39 is 0 Å². The molecule has 0 aliphatic rings. The summed E-state index contributed by atoms with van der Waals surface area (Å²) in [5.41, 5.74) is 6.25. The SMILES string of the molecule is Cc1cc(C=NNc2ccccc2)ccc1Br. The summed E-state index contributed by atoms with van der Waals surface area (Å²) in [5, 5.41) is 4.19. The van der Waals surface area contributed by atoms with E-state index in [1.807, 2.05) is 48.7 Å². The maximum absolute atomic E-state index is 4.19. The molecule has 86 valence electrons. The van der Waals surface area contributed by atoms with Crippen LogP contribution in [0, 0.1) is 6.92 Å². The number of hydrogen-bond acceptors (Lipinski definition) is 2. The lowest BCUT2D eigenvalue weighted by atomic mass is 10.2. The number of aryl methyl sites for hydroxylation is 1. The van der Waals surface area contributed by atoms with Crippen LogP contribution in [0.2, 0.25) is 0 Å². The Kier molecular flexibility index (Phi) is 3.94. The number of rotatable bonds is 3. The number of benzene rings is 2. The van der Waals surface area contributed by atoms with Gasteiger partial charge in [0.05, 0.1) is 11.9 Å². The Morgan fingerprint density at radius 2 is 1.88 bits per heavy atom. The Morgan fingerprint density at radius 3 is 2.59 bits per heavy atom. The Bertz CT molecular complexity index is 521. The molecule has 2 rings (SSSR count). The lowest BCUT2D eigenvalue weighted by Crippen LogP contribution is -1.90. The molecule has 2 nitrogen and oxygen atoms in total. The van der Waals surface area contributed by atoms with E-state index in [-0.39, 0.29) is 0 Å². The number of anilines is 1. The molecule has 2 aromatic rings. The molecule has 3 heteroatoms. The highest BCUT2D eigenvalue weighted by atomic mass is 79.9. The van der Waals surface area contributed by atoms with Crippen molar-refractivity contribution < 1.29 is 0 Å². The summed E-state index contributed by atoms with van der Waals surface area (Å²) in [7, 11) is 0. The molecule has 0 spiro atoms. The maximum atomic E-state index is 4.19. The van der Waals surface area contributed by atoms with Crippen LogP contribution in [0.4, 0.5) is 5.69 Å². The summed E-state index contributed by atoms with van der Waals surface area (Å²) < 4.78 is 1.12. The minimum Gasteiger partial charge on any atom is -0.279 e. The van der Waals surface area contributed by atoms with Gasteiger partial charge in [0.25, 0.3) is 0 Å². The highest BCUT2D eigenvalue weighted by Gasteiger charge is 1.94. The number of nitrogens with one attached hydrogen (secondary N) is 1. The standard InChI is InChI=1S/C14H13BrN2/c1-11-9-12(7-8-14(11)15)10-16-17-13-5-3-2-4-6-13/h2-10,17H,1H3. The molecule has 0 unspecified atom stereocenters. The summed E-state index contributed by atoms with van der Waals surface area (Å²) in [6.07, 6.45) is 1.81. The summed E-state index contributed by atoms with van der Waals surface area (Å²) in [5.74, 6) is 0. The lowest BCUT2D eigenvalue weighted by Gasteiger charge is -2.00. The summed E-state index contributed by atoms with van der Waals surface area (Å²) in [6, 6.07) is 16.0. The van der Waals surface area contributed by atoms with Crippen LogP contribution in [0.15, 0.2) is 58.1 Å². The van der Waals surface area contributed by atoms with Gasteiger partial charge in [-0.2, -0.15) is 5.10 Å².